The first-order chi connectivity index (χ1) is 13.4. The van der Waals surface area contributed by atoms with E-state index in [1.165, 1.54) is 11.0 Å². The van der Waals surface area contributed by atoms with Crippen molar-refractivity contribution in [2.24, 2.45) is 0 Å². The Bertz CT molecular complexity index is 1010. The largest absolute Gasteiger partial charge is 0.341 e. The van der Waals surface area contributed by atoms with Crippen LogP contribution in [0.2, 0.25) is 10.0 Å². The fourth-order valence-electron chi connectivity index (χ4n) is 3.07. The smallest absolute Gasteiger partial charge is 0.253 e. The second-order valence-electron chi connectivity index (χ2n) is 6.39. The summed E-state index contributed by atoms with van der Waals surface area (Å²) in [5.74, 6) is -0.618. The minimum absolute atomic E-state index is 0.150. The molecule has 0 bridgehead atoms. The van der Waals surface area contributed by atoms with Crippen molar-refractivity contribution in [2.45, 2.75) is 18.9 Å². The molecule has 3 rings (SSSR count). The second kappa shape index (κ2) is 8.47. The predicted octanol–water partition coefficient (Wildman–Crippen LogP) is 3.99. The van der Waals surface area contributed by atoms with Crippen molar-refractivity contribution in [1.29, 1.82) is 5.26 Å². The van der Waals surface area contributed by atoms with E-state index in [1.54, 1.807) is 49.5 Å². The Labute approximate surface area is 173 Å². The molecule has 2 amide bonds. The summed E-state index contributed by atoms with van der Waals surface area (Å²) in [7, 11) is 1.63. The maximum absolute atomic E-state index is 12.8. The zero-order valence-corrected chi connectivity index (χ0v) is 16.6. The van der Waals surface area contributed by atoms with Crippen LogP contribution in [-0.4, -0.2) is 24.9 Å². The molecular weight excluding hydrogens is 397 g/mol. The molecule has 1 heterocycles. The topological polar surface area (TPSA) is 73.2 Å². The molecule has 1 N–H and O–H groups in total. The summed E-state index contributed by atoms with van der Waals surface area (Å²) in [5, 5.41) is 13.2. The number of nitriles is 1. The number of benzene rings is 2. The number of nitrogens with one attached hydrogen (secondary N) is 1. The number of aryl methyl sites for hydroxylation is 1. The first-order valence-corrected chi connectivity index (χ1v) is 9.38. The molecule has 0 saturated carbocycles. The Morgan fingerprint density at radius 3 is 2.71 bits per heavy atom. The van der Waals surface area contributed by atoms with Crippen molar-refractivity contribution < 1.29 is 9.59 Å². The summed E-state index contributed by atoms with van der Waals surface area (Å²) in [4.78, 5) is 26.7. The number of allylic oxidation sites excluding steroid dienone is 1. The Morgan fingerprint density at radius 1 is 1.25 bits per heavy atom. The number of carbonyl (C=O) groups excluding carboxylic acids is 2. The second-order valence-corrected chi connectivity index (χ2v) is 7.23. The summed E-state index contributed by atoms with van der Waals surface area (Å²) >= 11 is 12.0. The molecule has 1 atom stereocenters. The van der Waals surface area contributed by atoms with E-state index in [0.29, 0.717) is 33.3 Å². The maximum atomic E-state index is 12.8. The normalized spacial score (nSPS) is 15.9. The number of hydrogen-bond acceptors (Lipinski definition) is 3. The third-order valence-corrected chi connectivity index (χ3v) is 5.15. The van der Waals surface area contributed by atoms with Crippen LogP contribution < -0.4 is 10.2 Å². The lowest BCUT2D eigenvalue weighted by Crippen LogP contribution is -2.46. The molecule has 1 aliphatic heterocycles. The van der Waals surface area contributed by atoms with Crippen LogP contribution in [0, 0.1) is 11.3 Å². The number of fused-ring (bicyclic) bond motifs is 1. The van der Waals surface area contributed by atoms with E-state index in [2.05, 4.69) is 11.4 Å². The molecule has 0 fully saturated rings. The lowest BCUT2D eigenvalue weighted by Gasteiger charge is -2.21. The number of likely N-dealkylation sites (N-methyl/N-ethyl adjacent to an activating group) is 1. The van der Waals surface area contributed by atoms with Gasteiger partial charge >= 0.3 is 0 Å². The molecule has 0 aromatic heterocycles. The molecule has 0 saturated heterocycles. The third kappa shape index (κ3) is 4.19. The van der Waals surface area contributed by atoms with Gasteiger partial charge in [0.25, 0.3) is 5.91 Å². The van der Waals surface area contributed by atoms with Gasteiger partial charge in [-0.3, -0.25) is 9.59 Å². The quantitative estimate of drug-likeness (QED) is 0.822. The number of carbonyl (C=O) groups is 2. The summed E-state index contributed by atoms with van der Waals surface area (Å²) < 4.78 is 0. The van der Waals surface area contributed by atoms with Gasteiger partial charge in [-0.1, -0.05) is 47.5 Å². The highest BCUT2D eigenvalue weighted by atomic mass is 35.5. The van der Waals surface area contributed by atoms with Crippen LogP contribution in [0.15, 0.2) is 48.5 Å². The molecule has 2 aromatic carbocycles. The average molecular weight is 414 g/mol. The zero-order chi connectivity index (χ0) is 20.3. The Kier molecular flexibility index (Phi) is 6.03. The SMILES string of the molecule is CN1C(=O)C(NC(=O)CCc2ccc(Cl)cc2Cl)C=C(C#N)c2ccccc21. The van der Waals surface area contributed by atoms with Crippen molar-refractivity contribution in [3.8, 4) is 6.07 Å². The summed E-state index contributed by atoms with van der Waals surface area (Å²) in [6, 6.07) is 13.5. The van der Waals surface area contributed by atoms with Crippen LogP contribution >= 0.6 is 23.2 Å². The van der Waals surface area contributed by atoms with Crippen molar-refractivity contribution in [1.82, 2.24) is 5.32 Å². The van der Waals surface area contributed by atoms with Crippen LogP contribution in [0.3, 0.4) is 0 Å². The van der Waals surface area contributed by atoms with Gasteiger partial charge in [0, 0.05) is 29.1 Å². The number of rotatable bonds is 4. The maximum Gasteiger partial charge on any atom is 0.253 e. The fourth-order valence-corrected chi connectivity index (χ4v) is 3.57. The monoisotopic (exact) mass is 413 g/mol. The van der Waals surface area contributed by atoms with E-state index in [0.717, 1.165) is 5.56 Å². The molecule has 1 unspecified atom stereocenters. The molecule has 7 heteroatoms. The summed E-state index contributed by atoms with van der Waals surface area (Å²) in [6.07, 6.45) is 2.06. The van der Waals surface area contributed by atoms with Crippen LogP contribution in [0.1, 0.15) is 17.5 Å². The van der Waals surface area contributed by atoms with Crippen LogP contribution in [-0.2, 0) is 16.0 Å². The molecule has 0 aliphatic carbocycles. The minimum Gasteiger partial charge on any atom is -0.341 e. The molecule has 5 nitrogen and oxygen atoms in total. The molecular formula is C21H17Cl2N3O2. The minimum atomic E-state index is -0.916. The molecule has 142 valence electrons. The van der Waals surface area contributed by atoms with E-state index >= 15 is 0 Å². The molecule has 1 aliphatic rings. The highest BCUT2D eigenvalue weighted by molar-refractivity contribution is 6.35. The predicted molar refractivity (Wildman–Crippen MR) is 110 cm³/mol. The average Bonchev–Trinajstić information content (AvgIpc) is 2.78. The Morgan fingerprint density at radius 2 is 2.00 bits per heavy atom. The third-order valence-electron chi connectivity index (χ3n) is 4.56. The number of hydrogen-bond donors (Lipinski definition) is 1. The van der Waals surface area contributed by atoms with Crippen LogP contribution in [0.25, 0.3) is 5.57 Å². The summed E-state index contributed by atoms with van der Waals surface area (Å²) in [6.45, 7) is 0. The number of nitrogens with zero attached hydrogens (tertiary/aromatic N) is 2. The number of para-hydroxylation sites is 1. The fraction of sp³-hybridized carbons (Fsp3) is 0.190. The summed E-state index contributed by atoms with van der Waals surface area (Å²) in [5.41, 5.74) is 2.43. The lowest BCUT2D eigenvalue weighted by molar-refractivity contribution is -0.126. The van der Waals surface area contributed by atoms with Gasteiger partial charge in [-0.15, -0.1) is 0 Å². The number of halogens is 2. The molecule has 0 spiro atoms. The standard InChI is InChI=1S/C21H17Cl2N3O2/c1-26-19-5-3-2-4-16(19)14(12-24)10-18(21(26)28)25-20(27)9-7-13-6-8-15(22)11-17(13)23/h2-6,8,10-11,18H,7,9H2,1H3,(H,25,27). The highest BCUT2D eigenvalue weighted by Gasteiger charge is 2.29. The highest BCUT2D eigenvalue weighted by Crippen LogP contribution is 2.30. The Hall–Kier alpha value is -2.81. The van der Waals surface area contributed by atoms with E-state index in [4.69, 9.17) is 23.2 Å². The lowest BCUT2D eigenvalue weighted by atomic mass is 10.0. The van der Waals surface area contributed by atoms with E-state index < -0.39 is 6.04 Å². The van der Waals surface area contributed by atoms with Gasteiger partial charge in [0.15, 0.2) is 0 Å². The first kappa shape index (κ1) is 19.9. The van der Waals surface area contributed by atoms with Crippen molar-refractivity contribution in [3.63, 3.8) is 0 Å². The van der Waals surface area contributed by atoms with Gasteiger partial charge in [-0.2, -0.15) is 5.26 Å². The van der Waals surface area contributed by atoms with Crippen LogP contribution in [0.4, 0.5) is 5.69 Å². The Balaban J connectivity index is 1.75. The zero-order valence-electron chi connectivity index (χ0n) is 15.1. The number of anilines is 1. The van der Waals surface area contributed by atoms with Gasteiger partial charge in [0.2, 0.25) is 5.91 Å². The molecule has 0 radical (unpaired) electrons. The molecule has 28 heavy (non-hydrogen) atoms. The first-order valence-electron chi connectivity index (χ1n) is 8.63. The van der Waals surface area contributed by atoms with Crippen molar-refractivity contribution in [2.75, 3.05) is 11.9 Å². The van der Waals surface area contributed by atoms with Gasteiger partial charge < -0.3 is 10.2 Å². The van der Waals surface area contributed by atoms with E-state index in [1.807, 2.05) is 0 Å². The van der Waals surface area contributed by atoms with Gasteiger partial charge in [-0.05, 0) is 36.3 Å². The number of amides is 2. The molecule has 2 aromatic rings. The van der Waals surface area contributed by atoms with Crippen molar-refractivity contribution >= 4 is 46.3 Å². The van der Waals surface area contributed by atoms with Gasteiger partial charge in [0.05, 0.1) is 17.3 Å². The van der Waals surface area contributed by atoms with E-state index in [9.17, 15) is 14.9 Å². The van der Waals surface area contributed by atoms with Crippen molar-refractivity contribution in [3.05, 3.63) is 69.7 Å². The van der Waals surface area contributed by atoms with Gasteiger partial charge in [0.1, 0.15) is 6.04 Å². The van der Waals surface area contributed by atoms with Crippen LogP contribution in [0.5, 0.6) is 0 Å². The van der Waals surface area contributed by atoms with E-state index in [-0.39, 0.29) is 18.2 Å². The van der Waals surface area contributed by atoms with Gasteiger partial charge in [-0.25, -0.2) is 0 Å².